The van der Waals surface area contributed by atoms with E-state index < -0.39 is 47.9 Å². The van der Waals surface area contributed by atoms with Gasteiger partial charge in [0.1, 0.15) is 23.9 Å². The average molecular weight is 569 g/mol. The van der Waals surface area contributed by atoms with Crippen molar-refractivity contribution in [1.29, 1.82) is 0 Å². The Labute approximate surface area is 232 Å². The Kier molecular flexibility index (Phi) is 15.3. The lowest BCUT2D eigenvalue weighted by Gasteiger charge is -2.24. The Morgan fingerprint density at radius 1 is 0.872 bits per heavy atom. The second-order valence-corrected chi connectivity index (χ2v) is 9.28. The van der Waals surface area contributed by atoms with Crippen molar-refractivity contribution in [3.63, 3.8) is 0 Å². The number of carboxylic acid groups (broad SMARTS) is 1. The monoisotopic (exact) mass is 568 g/mol. The number of guanidine groups is 1. The molecule has 1 aromatic rings. The van der Waals surface area contributed by atoms with Crippen molar-refractivity contribution in [2.24, 2.45) is 27.9 Å². The summed E-state index contributed by atoms with van der Waals surface area (Å²) in [5.41, 5.74) is 22.6. The molecule has 0 aliphatic carbocycles. The highest BCUT2D eigenvalue weighted by atomic mass is 32.1. The van der Waals surface area contributed by atoms with Crippen LogP contribution in [0.1, 0.15) is 37.7 Å². The van der Waals surface area contributed by atoms with Crippen LogP contribution in [0.15, 0.2) is 29.3 Å². The van der Waals surface area contributed by atoms with E-state index in [4.69, 9.17) is 22.9 Å². The number of benzene rings is 1. The van der Waals surface area contributed by atoms with Crippen LogP contribution in [0.3, 0.4) is 0 Å². The average Bonchev–Trinajstić information content (AvgIpc) is 2.89. The zero-order chi connectivity index (χ0) is 29.4. The molecule has 0 aliphatic heterocycles. The first-order valence-corrected chi connectivity index (χ1v) is 13.1. The van der Waals surface area contributed by atoms with Crippen molar-refractivity contribution < 1.29 is 29.4 Å². The number of aromatic hydroxyl groups is 1. The van der Waals surface area contributed by atoms with Crippen LogP contribution >= 0.6 is 12.6 Å². The summed E-state index contributed by atoms with van der Waals surface area (Å²) in [7, 11) is 0. The fourth-order valence-corrected chi connectivity index (χ4v) is 3.75. The van der Waals surface area contributed by atoms with Crippen molar-refractivity contribution in [3.8, 4) is 5.75 Å². The number of rotatable bonds is 18. The minimum atomic E-state index is -1.29. The number of carbonyl (C=O) groups excluding carboxylic acids is 3. The zero-order valence-electron chi connectivity index (χ0n) is 21.7. The van der Waals surface area contributed by atoms with Gasteiger partial charge in [-0.1, -0.05) is 12.1 Å². The molecular weight excluding hydrogens is 528 g/mol. The molecule has 4 atom stereocenters. The van der Waals surface area contributed by atoms with Crippen LogP contribution in [0.4, 0.5) is 0 Å². The summed E-state index contributed by atoms with van der Waals surface area (Å²) in [6.45, 7) is 0.693. The molecule has 15 heteroatoms. The molecule has 39 heavy (non-hydrogen) atoms. The minimum absolute atomic E-state index is 0.0209. The summed E-state index contributed by atoms with van der Waals surface area (Å²) in [5.74, 6) is -3.41. The van der Waals surface area contributed by atoms with E-state index in [0.717, 1.165) is 0 Å². The van der Waals surface area contributed by atoms with Crippen molar-refractivity contribution >= 4 is 42.3 Å². The van der Waals surface area contributed by atoms with Gasteiger partial charge in [0.15, 0.2) is 5.96 Å². The molecule has 0 spiro atoms. The Bertz CT molecular complexity index is 974. The summed E-state index contributed by atoms with van der Waals surface area (Å²) in [5, 5.41) is 26.5. The molecule has 13 N–H and O–H groups in total. The second kappa shape index (κ2) is 17.9. The number of nitrogens with one attached hydrogen (secondary N) is 3. The van der Waals surface area contributed by atoms with Gasteiger partial charge in [-0.15, -0.1) is 0 Å². The molecule has 14 nitrogen and oxygen atoms in total. The smallest absolute Gasteiger partial charge is 0.326 e. The Morgan fingerprint density at radius 3 is 2.03 bits per heavy atom. The fourth-order valence-electron chi connectivity index (χ4n) is 3.50. The Balaban J connectivity index is 2.83. The van der Waals surface area contributed by atoms with Crippen molar-refractivity contribution in [2.45, 2.75) is 62.7 Å². The normalized spacial score (nSPS) is 13.8. The first kappa shape index (κ1) is 33.5. The summed E-state index contributed by atoms with van der Waals surface area (Å²) >= 11 is 4.13. The van der Waals surface area contributed by atoms with Crippen molar-refractivity contribution in [1.82, 2.24) is 16.0 Å². The van der Waals surface area contributed by atoms with E-state index in [0.29, 0.717) is 37.9 Å². The molecule has 0 radical (unpaired) electrons. The molecule has 218 valence electrons. The van der Waals surface area contributed by atoms with Gasteiger partial charge >= 0.3 is 5.97 Å². The van der Waals surface area contributed by atoms with Gasteiger partial charge in [0.05, 0.1) is 6.04 Å². The molecule has 1 aromatic carbocycles. The van der Waals surface area contributed by atoms with Crippen LogP contribution in [0.5, 0.6) is 5.75 Å². The van der Waals surface area contributed by atoms with Crippen LogP contribution < -0.4 is 38.9 Å². The lowest BCUT2D eigenvalue weighted by atomic mass is 10.0. The third-order valence-electron chi connectivity index (χ3n) is 5.69. The predicted molar refractivity (Wildman–Crippen MR) is 150 cm³/mol. The fraction of sp³-hybridized carbons (Fsp3) is 0.542. The number of phenolic OH excluding ortho intramolecular Hbond substituents is 1. The number of hydrogen-bond acceptors (Lipinski definition) is 9. The van der Waals surface area contributed by atoms with Gasteiger partial charge in [0, 0.05) is 18.7 Å². The number of hydrogen-bond donors (Lipinski definition) is 10. The minimum Gasteiger partial charge on any atom is -0.508 e. The van der Waals surface area contributed by atoms with Gasteiger partial charge in [-0.05, 0) is 56.3 Å². The highest BCUT2D eigenvalue weighted by Gasteiger charge is 2.29. The van der Waals surface area contributed by atoms with Crippen LogP contribution in [0.25, 0.3) is 0 Å². The van der Waals surface area contributed by atoms with E-state index in [9.17, 15) is 29.4 Å². The quantitative estimate of drug-likeness (QED) is 0.0399. The molecule has 1 rings (SSSR count). The Hall–Kier alpha value is -3.56. The zero-order valence-corrected chi connectivity index (χ0v) is 22.6. The van der Waals surface area contributed by atoms with E-state index in [1.165, 1.54) is 24.3 Å². The predicted octanol–water partition coefficient (Wildman–Crippen LogP) is -2.09. The number of aliphatic imine (C=N–C) groups is 1. The van der Waals surface area contributed by atoms with E-state index in [-0.39, 0.29) is 36.7 Å². The molecule has 0 saturated carbocycles. The molecule has 0 aromatic heterocycles. The SMILES string of the molecule is NCCCCC(NC(=O)C(N)CCCN=C(N)N)C(=O)NC(CS)C(=O)NC(Cc1ccc(O)cc1)C(=O)O. The van der Waals surface area contributed by atoms with Crippen LogP contribution in [-0.2, 0) is 25.6 Å². The van der Waals surface area contributed by atoms with E-state index >= 15 is 0 Å². The van der Waals surface area contributed by atoms with Crippen LogP contribution in [0.2, 0.25) is 0 Å². The molecule has 0 aliphatic rings. The highest BCUT2D eigenvalue weighted by Crippen LogP contribution is 2.12. The molecular formula is C24H40N8O6S. The maximum Gasteiger partial charge on any atom is 0.326 e. The van der Waals surface area contributed by atoms with Crippen molar-refractivity contribution in [2.75, 3.05) is 18.8 Å². The van der Waals surface area contributed by atoms with Gasteiger partial charge in [-0.2, -0.15) is 12.6 Å². The van der Waals surface area contributed by atoms with Crippen molar-refractivity contribution in [3.05, 3.63) is 29.8 Å². The Morgan fingerprint density at radius 2 is 1.46 bits per heavy atom. The second-order valence-electron chi connectivity index (χ2n) is 8.91. The summed E-state index contributed by atoms with van der Waals surface area (Å²) in [4.78, 5) is 54.1. The van der Waals surface area contributed by atoms with Gasteiger partial charge in [0.2, 0.25) is 17.7 Å². The number of carbonyl (C=O) groups is 4. The van der Waals surface area contributed by atoms with Gasteiger partial charge < -0.3 is 49.1 Å². The number of nitrogens with two attached hydrogens (primary N) is 4. The molecule has 0 heterocycles. The number of unbranched alkanes of at least 4 members (excludes halogenated alkanes) is 1. The standard InChI is InChI=1S/C24H40N8O6S/c25-10-2-1-5-17(30-20(34)16(26)4-3-11-29-24(27)28)21(35)32-19(13-39)22(36)31-18(23(37)38)12-14-6-8-15(33)9-7-14/h6-9,16-19,33,39H,1-5,10-13,25-26H2,(H,30,34)(H,31,36)(H,32,35)(H,37,38)(H4,27,28,29). The molecule has 0 saturated heterocycles. The van der Waals surface area contributed by atoms with Gasteiger partial charge in [0.25, 0.3) is 0 Å². The van der Waals surface area contributed by atoms with Crippen LogP contribution in [-0.4, -0.2) is 82.9 Å². The summed E-state index contributed by atoms with van der Waals surface area (Å²) in [6, 6.07) is 1.50. The number of amides is 3. The summed E-state index contributed by atoms with van der Waals surface area (Å²) in [6.07, 6.45) is 2.06. The third-order valence-corrected chi connectivity index (χ3v) is 6.06. The van der Waals surface area contributed by atoms with E-state index in [1.807, 2.05) is 0 Å². The first-order chi connectivity index (χ1) is 18.5. The summed E-state index contributed by atoms with van der Waals surface area (Å²) < 4.78 is 0. The van der Waals surface area contributed by atoms with E-state index in [1.54, 1.807) is 0 Å². The number of phenols is 1. The lowest BCUT2D eigenvalue weighted by Crippen LogP contribution is -2.57. The number of thiol groups is 1. The topological polar surface area (TPSA) is 261 Å². The maximum absolute atomic E-state index is 13.0. The maximum atomic E-state index is 13.0. The third kappa shape index (κ3) is 13.2. The van der Waals surface area contributed by atoms with Gasteiger partial charge in [-0.3, -0.25) is 19.4 Å². The van der Waals surface area contributed by atoms with Gasteiger partial charge in [-0.25, -0.2) is 4.79 Å². The molecule has 0 bridgehead atoms. The molecule has 4 unspecified atom stereocenters. The lowest BCUT2D eigenvalue weighted by molar-refractivity contribution is -0.142. The first-order valence-electron chi connectivity index (χ1n) is 12.5. The number of nitrogens with zero attached hydrogens (tertiary/aromatic N) is 1. The van der Waals surface area contributed by atoms with Crippen LogP contribution in [0, 0.1) is 0 Å². The number of aliphatic carboxylic acids is 1. The highest BCUT2D eigenvalue weighted by molar-refractivity contribution is 7.80. The van der Waals surface area contributed by atoms with E-state index in [2.05, 4.69) is 33.6 Å². The molecule has 3 amide bonds. The molecule has 0 fully saturated rings. The largest absolute Gasteiger partial charge is 0.508 e. The number of carboxylic acids is 1.